The first-order chi connectivity index (χ1) is 9.20. The fourth-order valence-corrected chi connectivity index (χ4v) is 1.44. The molecule has 0 heterocycles. The molecule has 0 unspecified atom stereocenters. The van der Waals surface area contributed by atoms with E-state index in [1.54, 1.807) is 0 Å². The number of carbonyl (C=O) groups excluding carboxylic acids is 4. The molecule has 0 aliphatic rings. The van der Waals surface area contributed by atoms with E-state index >= 15 is 0 Å². The Balaban J connectivity index is -0.000000602. The minimum atomic E-state index is -1.53. The van der Waals surface area contributed by atoms with Crippen LogP contribution in [-0.2, 0) is 19.2 Å². The van der Waals surface area contributed by atoms with Gasteiger partial charge in [-0.25, -0.2) is 0 Å². The molecule has 4 radical (unpaired) electrons. The van der Waals surface area contributed by atoms with E-state index in [2.05, 4.69) is 0 Å². The Labute approximate surface area is 187 Å². The van der Waals surface area contributed by atoms with Gasteiger partial charge in [-0.1, -0.05) is 0 Å². The fraction of sp³-hybridized carbons (Fsp3) is 0.600. The van der Waals surface area contributed by atoms with E-state index in [1.807, 2.05) is 0 Å². The van der Waals surface area contributed by atoms with Gasteiger partial charge in [0.2, 0.25) is 0 Å². The van der Waals surface area contributed by atoms with Crippen molar-refractivity contribution in [2.24, 2.45) is 0 Å². The van der Waals surface area contributed by atoms with Crippen molar-refractivity contribution in [2.75, 3.05) is 39.3 Å². The Morgan fingerprint density at radius 1 is 0.565 bits per heavy atom. The molecule has 0 bridgehead atoms. The van der Waals surface area contributed by atoms with Crippen LogP contribution in [0, 0.1) is 0 Å². The second-order valence-corrected chi connectivity index (χ2v) is 3.91. The first kappa shape index (κ1) is 31.1. The number of rotatable bonds is 11. The number of carboxylic acid groups (broad SMARTS) is 4. The number of aliphatic carboxylic acids is 4. The Hall–Kier alpha value is 0.319. The van der Waals surface area contributed by atoms with E-state index in [1.165, 1.54) is 0 Å². The number of carbonyl (C=O) groups is 4. The normalized spacial score (nSPS) is 9.30. The Morgan fingerprint density at radius 3 is 0.870 bits per heavy atom. The molecule has 0 aromatic rings. The van der Waals surface area contributed by atoms with E-state index in [-0.39, 0.29) is 89.3 Å². The van der Waals surface area contributed by atoms with E-state index in [0.717, 1.165) is 9.80 Å². The smallest absolute Gasteiger partial charge is 0.549 e. The number of hydrogen-bond donors (Lipinski definition) is 0. The number of nitrogens with zero attached hydrogens (tertiary/aromatic N) is 2. The minimum Gasteiger partial charge on any atom is -0.549 e. The van der Waals surface area contributed by atoms with Crippen LogP contribution < -0.4 is 79.5 Å². The second kappa shape index (κ2) is 17.2. The molecule has 0 amide bonds. The molecule has 23 heavy (non-hydrogen) atoms. The average Bonchev–Trinajstić information content (AvgIpc) is 2.22. The van der Waals surface area contributed by atoms with Gasteiger partial charge in [0.25, 0.3) is 0 Å². The molecule has 118 valence electrons. The third-order valence-electron chi connectivity index (χ3n) is 2.14. The summed E-state index contributed by atoms with van der Waals surface area (Å²) in [6.45, 7) is -3.25. The van der Waals surface area contributed by atoms with Crippen LogP contribution in [0.5, 0.6) is 0 Å². The first-order valence-electron chi connectivity index (χ1n) is 5.44. The molecule has 0 atom stereocenters. The van der Waals surface area contributed by atoms with Gasteiger partial charge in [-0.2, -0.15) is 0 Å². The van der Waals surface area contributed by atoms with Crippen LogP contribution in [-0.4, -0.2) is 90.0 Å². The predicted octanol–water partition coefficient (Wildman–Crippen LogP) is -13.8. The van der Waals surface area contributed by atoms with Gasteiger partial charge in [0.15, 0.2) is 0 Å². The van der Waals surface area contributed by atoms with E-state index in [9.17, 15) is 39.6 Å². The van der Waals surface area contributed by atoms with Gasteiger partial charge in [0, 0.05) is 39.3 Å². The molecule has 0 rings (SSSR count). The van der Waals surface area contributed by atoms with E-state index in [0.29, 0.717) is 0 Å². The van der Waals surface area contributed by atoms with Crippen molar-refractivity contribution in [1.29, 1.82) is 0 Å². The predicted molar refractivity (Wildman–Crippen MR) is 58.7 cm³/mol. The molecule has 0 N–H and O–H groups in total. The molecule has 0 fully saturated rings. The molecule has 0 aromatic carbocycles. The molecule has 0 saturated carbocycles. The quantitative estimate of drug-likeness (QED) is 0.297. The monoisotopic (exact) mass is 414 g/mol. The van der Waals surface area contributed by atoms with Crippen molar-refractivity contribution in [3.05, 3.63) is 0 Å². The molecule has 0 saturated heterocycles. The maximum absolute atomic E-state index is 10.4. The minimum absolute atomic E-state index is 0. The van der Waals surface area contributed by atoms with E-state index < -0.39 is 50.1 Å². The topological polar surface area (TPSA) is 167 Å². The van der Waals surface area contributed by atoms with Crippen LogP contribution in [0.25, 0.3) is 0 Å². The molecular formula is C10H12N2Na2O8Se. The van der Waals surface area contributed by atoms with Crippen molar-refractivity contribution in [3.63, 3.8) is 0 Å². The van der Waals surface area contributed by atoms with Gasteiger partial charge < -0.3 is 39.6 Å². The van der Waals surface area contributed by atoms with Crippen molar-refractivity contribution in [2.45, 2.75) is 0 Å². The molecule has 0 spiro atoms. The summed E-state index contributed by atoms with van der Waals surface area (Å²) in [6.07, 6.45) is 0. The maximum atomic E-state index is 10.4. The van der Waals surface area contributed by atoms with Crippen molar-refractivity contribution < 1.29 is 98.7 Å². The zero-order valence-electron chi connectivity index (χ0n) is 12.8. The van der Waals surface area contributed by atoms with Crippen LogP contribution in [0.2, 0.25) is 0 Å². The molecule has 13 heteroatoms. The maximum Gasteiger partial charge on any atom is 2.00 e. The Bertz CT molecular complexity index is 331. The SMILES string of the molecule is O=C([O-])CN(CCN(CC(=O)[O-])CC(=O)[O-])CC(=O)[O-].[Na+].[Na+].[Se+2]. The summed E-state index contributed by atoms with van der Waals surface area (Å²) in [5, 5.41) is 41.6. The Morgan fingerprint density at radius 2 is 0.739 bits per heavy atom. The van der Waals surface area contributed by atoms with Crippen molar-refractivity contribution in [3.8, 4) is 0 Å². The largest absolute Gasteiger partial charge is 2.00 e. The summed E-state index contributed by atoms with van der Waals surface area (Å²) in [7, 11) is 0. The number of hydrogen-bond acceptors (Lipinski definition) is 10. The average molecular weight is 413 g/mol. The summed E-state index contributed by atoms with van der Waals surface area (Å²) in [5.41, 5.74) is 0. The van der Waals surface area contributed by atoms with Crippen LogP contribution in [0.4, 0.5) is 0 Å². The van der Waals surface area contributed by atoms with Crippen molar-refractivity contribution in [1.82, 2.24) is 9.80 Å². The van der Waals surface area contributed by atoms with Gasteiger partial charge in [-0.15, -0.1) is 0 Å². The van der Waals surface area contributed by atoms with Crippen molar-refractivity contribution >= 4 is 40.9 Å². The van der Waals surface area contributed by atoms with Crippen LogP contribution in [0.15, 0.2) is 0 Å². The molecule has 0 aliphatic carbocycles. The third-order valence-corrected chi connectivity index (χ3v) is 2.14. The molecular weight excluding hydrogens is 401 g/mol. The summed E-state index contributed by atoms with van der Waals surface area (Å²) in [6, 6.07) is 0. The standard InChI is InChI=1S/C10H16N2O8.2Na.Se/c13-7(14)3-11(4-8(15)16)1-2-12(5-9(17)18)6-10(19)20;;;/h1-6H2,(H,13,14)(H,15,16)(H,17,18)(H,19,20);;;/q;2*+1;+2/p-4. The zero-order chi connectivity index (χ0) is 15.7. The fourth-order valence-electron chi connectivity index (χ4n) is 1.44. The summed E-state index contributed by atoms with van der Waals surface area (Å²) in [4.78, 5) is 43.4. The summed E-state index contributed by atoms with van der Waals surface area (Å²) in [5.74, 6) is -6.12. The third kappa shape index (κ3) is 20.3. The second-order valence-electron chi connectivity index (χ2n) is 3.91. The van der Waals surface area contributed by atoms with Crippen LogP contribution >= 0.6 is 0 Å². The van der Waals surface area contributed by atoms with E-state index in [4.69, 9.17) is 0 Å². The molecule has 10 nitrogen and oxygen atoms in total. The van der Waals surface area contributed by atoms with Gasteiger partial charge in [0.05, 0.1) is 23.9 Å². The van der Waals surface area contributed by atoms with Gasteiger partial charge in [-0.05, 0) is 0 Å². The van der Waals surface area contributed by atoms with Crippen LogP contribution in [0.3, 0.4) is 0 Å². The summed E-state index contributed by atoms with van der Waals surface area (Å²) >= 11 is 0. The van der Waals surface area contributed by atoms with Crippen LogP contribution in [0.1, 0.15) is 0 Å². The molecule has 0 aliphatic heterocycles. The first-order valence-corrected chi connectivity index (χ1v) is 5.44. The zero-order valence-corrected chi connectivity index (χ0v) is 18.5. The summed E-state index contributed by atoms with van der Waals surface area (Å²) < 4.78 is 0. The Kier molecular flexibility index (Phi) is 23.2. The molecule has 0 aromatic heterocycles. The van der Waals surface area contributed by atoms with Gasteiger partial charge in [-0.3, -0.25) is 9.80 Å². The van der Waals surface area contributed by atoms with Gasteiger partial charge in [0.1, 0.15) is 0 Å². The van der Waals surface area contributed by atoms with Gasteiger partial charge >= 0.3 is 76.2 Å². The number of carboxylic acids is 4.